The molecule has 1 saturated heterocycles. The van der Waals surface area contributed by atoms with Gasteiger partial charge in [0.1, 0.15) is 36.7 Å². The van der Waals surface area contributed by atoms with Gasteiger partial charge in [0.25, 0.3) is 0 Å². The number of aliphatic hydroxyl groups is 2. The summed E-state index contributed by atoms with van der Waals surface area (Å²) in [5.74, 6) is -4.21. The van der Waals surface area contributed by atoms with Crippen LogP contribution >= 0.6 is 0 Å². The topological polar surface area (TPSA) is 196 Å². The number of hydrogen-bond donors (Lipinski definition) is 4. The van der Waals surface area contributed by atoms with Crippen LogP contribution in [0.4, 0.5) is 13.2 Å². The monoisotopic (exact) mass is 714 g/mol. The molecule has 1 heterocycles. The Morgan fingerprint density at radius 2 is 1.82 bits per heavy atom. The lowest BCUT2D eigenvalue weighted by Crippen LogP contribution is -2.55. The largest absolute Gasteiger partial charge is 0.460 e. The molecular weight excluding hydrogens is 673 g/mol. The lowest BCUT2D eigenvalue weighted by molar-refractivity contribution is -0.182. The minimum absolute atomic E-state index is 0.0165. The number of benzene rings is 1. The Morgan fingerprint density at radius 3 is 2.46 bits per heavy atom. The predicted molar refractivity (Wildman–Crippen MR) is 167 cm³/mol. The van der Waals surface area contributed by atoms with Crippen molar-refractivity contribution in [3.63, 3.8) is 0 Å². The molecule has 1 fully saturated rings. The van der Waals surface area contributed by atoms with E-state index in [9.17, 15) is 47.4 Å². The fraction of sp³-hybridized carbons (Fsp3) is 0.545. The van der Waals surface area contributed by atoms with Crippen LogP contribution in [0.2, 0.25) is 0 Å². The smallest absolute Gasteiger partial charge is 0.422 e. The molecule has 276 valence electrons. The molecule has 1 aromatic rings. The minimum Gasteiger partial charge on any atom is -0.460 e. The quantitative estimate of drug-likeness (QED) is 0.124. The first-order valence-corrected chi connectivity index (χ1v) is 15.6. The van der Waals surface area contributed by atoms with Crippen LogP contribution in [-0.2, 0) is 42.9 Å². The second-order valence-corrected chi connectivity index (χ2v) is 12.6. The van der Waals surface area contributed by atoms with Gasteiger partial charge >= 0.3 is 24.1 Å². The molecule has 0 aromatic heterocycles. The minimum atomic E-state index is -4.68. The van der Waals surface area contributed by atoms with E-state index in [1.807, 2.05) is 0 Å². The van der Waals surface area contributed by atoms with E-state index in [2.05, 4.69) is 15.4 Å². The number of ether oxygens (including phenoxy) is 5. The maximum atomic E-state index is 13.4. The Balaban J connectivity index is 1.64. The first-order chi connectivity index (χ1) is 23.3. The lowest BCUT2D eigenvalue weighted by atomic mass is 9.91. The van der Waals surface area contributed by atoms with Crippen molar-refractivity contribution in [1.29, 1.82) is 0 Å². The van der Waals surface area contributed by atoms with Crippen molar-refractivity contribution < 1.29 is 71.0 Å². The van der Waals surface area contributed by atoms with Crippen LogP contribution in [0.25, 0.3) is 6.08 Å². The molecule has 0 radical (unpaired) electrons. The van der Waals surface area contributed by atoms with Crippen molar-refractivity contribution in [3.8, 4) is 0 Å². The molecule has 6 unspecified atom stereocenters. The highest BCUT2D eigenvalue weighted by atomic mass is 19.4. The molecule has 0 saturated carbocycles. The van der Waals surface area contributed by atoms with Crippen molar-refractivity contribution in [1.82, 2.24) is 10.6 Å². The zero-order valence-corrected chi connectivity index (χ0v) is 27.9. The average Bonchev–Trinajstić information content (AvgIpc) is 3.51. The first kappa shape index (κ1) is 40.1. The molecule has 17 heteroatoms. The zero-order valence-electron chi connectivity index (χ0n) is 27.9. The zero-order chi connectivity index (χ0) is 37.2. The number of carbonyl (C=O) groups is 5. The second kappa shape index (κ2) is 17.6. The summed E-state index contributed by atoms with van der Waals surface area (Å²) in [6.45, 7) is 3.93. The van der Waals surface area contributed by atoms with Crippen molar-refractivity contribution in [2.24, 2.45) is 0 Å². The van der Waals surface area contributed by atoms with E-state index in [1.165, 1.54) is 37.3 Å². The van der Waals surface area contributed by atoms with Gasteiger partial charge in [-0.3, -0.25) is 14.4 Å². The number of esters is 3. The highest BCUT2D eigenvalue weighted by Crippen LogP contribution is 2.31. The van der Waals surface area contributed by atoms with Crippen molar-refractivity contribution in [2.75, 3.05) is 20.0 Å². The summed E-state index contributed by atoms with van der Waals surface area (Å²) in [4.78, 5) is 63.2. The van der Waals surface area contributed by atoms with Gasteiger partial charge in [0.15, 0.2) is 6.61 Å². The molecule has 3 rings (SSSR count). The number of hydrogen-bond acceptors (Lipinski definition) is 12. The van der Waals surface area contributed by atoms with Gasteiger partial charge in [0, 0.05) is 24.5 Å². The van der Waals surface area contributed by atoms with E-state index < -0.39 is 91.2 Å². The Bertz CT molecular complexity index is 1450. The molecule has 1 aromatic carbocycles. The number of carbonyl (C=O) groups excluding carboxylic acids is 5. The summed E-state index contributed by atoms with van der Waals surface area (Å²) in [6, 6.07) is 3.31. The van der Waals surface area contributed by atoms with Crippen LogP contribution in [-0.4, -0.2) is 108 Å². The lowest BCUT2D eigenvalue weighted by Gasteiger charge is -2.31. The average molecular weight is 715 g/mol. The molecule has 6 atom stereocenters. The van der Waals surface area contributed by atoms with Crippen LogP contribution in [0, 0.1) is 0 Å². The van der Waals surface area contributed by atoms with Gasteiger partial charge in [-0.15, -0.1) is 0 Å². The number of aliphatic hydroxyl groups excluding tert-OH is 2. The van der Waals surface area contributed by atoms with Crippen LogP contribution in [0.1, 0.15) is 62.9 Å². The van der Waals surface area contributed by atoms with E-state index in [0.29, 0.717) is 0 Å². The van der Waals surface area contributed by atoms with E-state index in [0.717, 1.165) is 12.2 Å². The van der Waals surface area contributed by atoms with Crippen LogP contribution in [0.3, 0.4) is 0 Å². The summed E-state index contributed by atoms with van der Waals surface area (Å²) in [6.07, 6.45) is -5.55. The third kappa shape index (κ3) is 12.9. The van der Waals surface area contributed by atoms with E-state index in [4.69, 9.17) is 18.9 Å². The maximum Gasteiger partial charge on any atom is 0.422 e. The molecule has 14 nitrogen and oxygen atoms in total. The maximum absolute atomic E-state index is 13.4. The highest BCUT2D eigenvalue weighted by Gasteiger charge is 2.43. The molecule has 0 bridgehead atoms. The molecule has 0 spiro atoms. The van der Waals surface area contributed by atoms with Crippen LogP contribution in [0.15, 0.2) is 42.0 Å². The molecule has 4 N–H and O–H groups in total. The number of alkyl halides is 3. The van der Waals surface area contributed by atoms with Gasteiger partial charge in [-0.2, -0.15) is 13.2 Å². The summed E-state index contributed by atoms with van der Waals surface area (Å²) < 4.78 is 62.9. The molecular formula is C33H41F3N2O12. The molecule has 2 aliphatic rings. The van der Waals surface area contributed by atoms with Gasteiger partial charge in [0.2, 0.25) is 11.8 Å². The SMILES string of the molecule is CC(O)C(NC(=O)C1=CC2OCOC2C(OC(=O)c2cccc(C=CC(=O)OCC(F)(F)F)c2)C1)C(=O)NC(CO)CCC(=O)OC(C)(C)C. The Labute approximate surface area is 285 Å². The van der Waals surface area contributed by atoms with Gasteiger partial charge < -0.3 is 44.5 Å². The van der Waals surface area contributed by atoms with Crippen molar-refractivity contribution >= 4 is 35.8 Å². The Morgan fingerprint density at radius 1 is 1.10 bits per heavy atom. The number of fused-ring (bicyclic) bond motifs is 1. The van der Waals surface area contributed by atoms with Gasteiger partial charge in [-0.05, 0) is 64.0 Å². The first-order valence-electron chi connectivity index (χ1n) is 15.6. The third-order valence-corrected chi connectivity index (χ3v) is 7.20. The fourth-order valence-corrected chi connectivity index (χ4v) is 4.89. The number of rotatable bonds is 14. The summed E-state index contributed by atoms with van der Waals surface area (Å²) in [5.41, 5.74) is -0.361. The number of amides is 2. The molecule has 1 aliphatic carbocycles. The summed E-state index contributed by atoms with van der Waals surface area (Å²) in [7, 11) is 0. The molecule has 2 amide bonds. The van der Waals surface area contributed by atoms with Crippen LogP contribution < -0.4 is 10.6 Å². The Kier molecular flexibility index (Phi) is 14.1. The van der Waals surface area contributed by atoms with E-state index >= 15 is 0 Å². The van der Waals surface area contributed by atoms with Gasteiger partial charge in [-0.25, -0.2) is 9.59 Å². The number of nitrogens with one attached hydrogen (secondary N) is 2. The third-order valence-electron chi connectivity index (χ3n) is 7.20. The molecule has 50 heavy (non-hydrogen) atoms. The van der Waals surface area contributed by atoms with Gasteiger partial charge in [0.05, 0.1) is 24.3 Å². The van der Waals surface area contributed by atoms with E-state index in [1.54, 1.807) is 20.8 Å². The van der Waals surface area contributed by atoms with Crippen molar-refractivity contribution in [3.05, 3.63) is 53.1 Å². The highest BCUT2D eigenvalue weighted by molar-refractivity contribution is 5.98. The standard InChI is InChI=1S/C33H41F3N2O12/c1-18(40)27(30(44)37-22(15-39)9-11-26(42)50-32(2,3)4)38-29(43)21-13-23-28(48-17-47-23)24(14-21)49-31(45)20-7-5-6-19(12-20)8-10-25(41)46-16-33(34,35)36/h5-8,10,12-13,18,22-24,27-28,39-40H,9,11,14-17H2,1-4H3,(H,37,44)(H,38,43). The van der Waals surface area contributed by atoms with Crippen LogP contribution in [0.5, 0.6) is 0 Å². The second-order valence-electron chi connectivity index (χ2n) is 12.6. The van der Waals surface area contributed by atoms with E-state index in [-0.39, 0.29) is 42.8 Å². The van der Waals surface area contributed by atoms with Gasteiger partial charge in [-0.1, -0.05) is 12.1 Å². The molecule has 1 aliphatic heterocycles. The fourth-order valence-electron chi connectivity index (χ4n) is 4.89. The summed E-state index contributed by atoms with van der Waals surface area (Å²) >= 11 is 0. The summed E-state index contributed by atoms with van der Waals surface area (Å²) in [5, 5.41) is 25.1. The predicted octanol–water partition coefficient (Wildman–Crippen LogP) is 1.87. The normalized spacial score (nSPS) is 20.9. The van der Waals surface area contributed by atoms with Crippen molar-refractivity contribution in [2.45, 2.75) is 95.2 Å². The Hall–Kier alpha value is -4.32. The number of halogens is 3.